The minimum absolute atomic E-state index is 0.0775. The Balaban J connectivity index is 1.92. The van der Waals surface area contributed by atoms with Gasteiger partial charge in [0.15, 0.2) is 5.82 Å². The molecule has 1 aromatic carbocycles. The van der Waals surface area contributed by atoms with Crippen LogP contribution in [0.1, 0.15) is 12.5 Å². The van der Waals surface area contributed by atoms with E-state index in [1.165, 1.54) is 13.1 Å². The van der Waals surface area contributed by atoms with E-state index in [-0.39, 0.29) is 5.91 Å². The molecular weight excluding hydrogens is 316 g/mol. The van der Waals surface area contributed by atoms with Crippen molar-refractivity contribution in [1.82, 2.24) is 15.3 Å². The van der Waals surface area contributed by atoms with Crippen LogP contribution >= 0.6 is 11.6 Å². The molecule has 0 saturated carbocycles. The molecule has 23 heavy (non-hydrogen) atoms. The van der Waals surface area contributed by atoms with Gasteiger partial charge in [-0.05, 0) is 17.7 Å². The molecule has 2 aromatic rings. The van der Waals surface area contributed by atoms with Crippen LogP contribution in [0.15, 0.2) is 30.5 Å². The van der Waals surface area contributed by atoms with Crippen LogP contribution in [-0.4, -0.2) is 29.0 Å². The van der Waals surface area contributed by atoms with Crippen LogP contribution in [0, 0.1) is 0 Å². The predicted octanol–water partition coefficient (Wildman–Crippen LogP) is 1.87. The average Bonchev–Trinajstić information content (AvgIpc) is 2.51. The highest BCUT2D eigenvalue weighted by Crippen LogP contribution is 2.16. The number of benzene rings is 1. The third-order valence-corrected chi connectivity index (χ3v) is 3.18. The van der Waals surface area contributed by atoms with Crippen molar-refractivity contribution in [3.63, 3.8) is 0 Å². The maximum Gasteiger partial charge on any atom is 0.225 e. The van der Waals surface area contributed by atoms with E-state index in [0.29, 0.717) is 42.1 Å². The molecule has 0 saturated heterocycles. The summed E-state index contributed by atoms with van der Waals surface area (Å²) in [4.78, 5) is 19.3. The van der Waals surface area contributed by atoms with E-state index in [1.807, 2.05) is 24.3 Å². The topological polar surface area (TPSA) is 105 Å². The van der Waals surface area contributed by atoms with Crippen molar-refractivity contribution < 1.29 is 4.79 Å². The number of aromatic nitrogens is 2. The summed E-state index contributed by atoms with van der Waals surface area (Å²) in [7, 11) is 0. The second-order valence-corrected chi connectivity index (χ2v) is 5.33. The van der Waals surface area contributed by atoms with E-state index in [4.69, 9.17) is 17.3 Å². The Morgan fingerprint density at radius 3 is 2.87 bits per heavy atom. The Morgan fingerprint density at radius 1 is 1.30 bits per heavy atom. The van der Waals surface area contributed by atoms with Crippen molar-refractivity contribution >= 4 is 35.0 Å². The first kappa shape index (κ1) is 16.8. The van der Waals surface area contributed by atoms with E-state index in [1.54, 1.807) is 0 Å². The van der Waals surface area contributed by atoms with Gasteiger partial charge in [0.1, 0.15) is 0 Å². The van der Waals surface area contributed by atoms with Gasteiger partial charge in [0.2, 0.25) is 11.9 Å². The second-order valence-electron chi connectivity index (χ2n) is 4.89. The Hall–Kier alpha value is -2.54. The fourth-order valence-corrected chi connectivity index (χ4v) is 2.08. The minimum atomic E-state index is -0.0775. The first-order valence-electron chi connectivity index (χ1n) is 7.14. The standard InChI is InChI=1S/C15H19ClN6O/c1-10(23)18-5-6-19-14-13(17)9-21-15(22-14)20-8-11-3-2-4-12(16)7-11/h2-4,7,9H,5-6,8,17H2,1H3,(H,18,23)(H2,19,20,21,22). The lowest BCUT2D eigenvalue weighted by Gasteiger charge is -2.11. The monoisotopic (exact) mass is 334 g/mol. The lowest BCUT2D eigenvalue weighted by molar-refractivity contribution is -0.118. The van der Waals surface area contributed by atoms with Crippen molar-refractivity contribution in [3.8, 4) is 0 Å². The molecule has 0 spiro atoms. The Morgan fingerprint density at radius 2 is 2.13 bits per heavy atom. The van der Waals surface area contributed by atoms with Crippen LogP contribution in [0.2, 0.25) is 5.02 Å². The lowest BCUT2D eigenvalue weighted by Crippen LogP contribution is -2.26. The summed E-state index contributed by atoms with van der Waals surface area (Å²) in [6.45, 7) is 3.03. The average molecular weight is 335 g/mol. The van der Waals surface area contributed by atoms with Gasteiger partial charge in [0, 0.05) is 31.6 Å². The Bertz CT molecular complexity index is 679. The van der Waals surface area contributed by atoms with Gasteiger partial charge in [-0.2, -0.15) is 4.98 Å². The zero-order valence-corrected chi connectivity index (χ0v) is 13.5. The first-order chi connectivity index (χ1) is 11.0. The normalized spacial score (nSPS) is 10.2. The molecule has 2 rings (SSSR count). The summed E-state index contributed by atoms with van der Waals surface area (Å²) in [5.74, 6) is 0.909. The predicted molar refractivity (Wildman–Crippen MR) is 92.4 cm³/mol. The number of anilines is 3. The van der Waals surface area contributed by atoms with Crippen molar-refractivity contribution in [2.75, 3.05) is 29.5 Å². The highest BCUT2D eigenvalue weighted by Gasteiger charge is 2.04. The molecule has 0 fully saturated rings. The molecule has 1 aromatic heterocycles. The fraction of sp³-hybridized carbons (Fsp3) is 0.267. The minimum Gasteiger partial charge on any atom is -0.394 e. The van der Waals surface area contributed by atoms with E-state index < -0.39 is 0 Å². The maximum atomic E-state index is 10.8. The molecule has 7 nitrogen and oxygen atoms in total. The molecule has 0 unspecified atom stereocenters. The van der Waals surface area contributed by atoms with Crippen LogP contribution in [0.4, 0.5) is 17.5 Å². The summed E-state index contributed by atoms with van der Waals surface area (Å²) in [5, 5.41) is 9.55. The molecule has 0 atom stereocenters. The Labute approximate surface area is 139 Å². The van der Waals surface area contributed by atoms with Crippen LogP contribution in [0.3, 0.4) is 0 Å². The highest BCUT2D eigenvalue weighted by molar-refractivity contribution is 6.30. The third kappa shape index (κ3) is 5.63. The molecule has 122 valence electrons. The molecule has 0 aliphatic rings. The van der Waals surface area contributed by atoms with E-state index in [9.17, 15) is 4.79 Å². The number of nitrogens with one attached hydrogen (secondary N) is 3. The SMILES string of the molecule is CC(=O)NCCNc1nc(NCc2cccc(Cl)c2)ncc1N. The van der Waals surface area contributed by atoms with Crippen LogP contribution in [0.5, 0.6) is 0 Å². The highest BCUT2D eigenvalue weighted by atomic mass is 35.5. The van der Waals surface area contributed by atoms with Gasteiger partial charge in [-0.25, -0.2) is 4.98 Å². The molecule has 1 heterocycles. The number of nitrogen functional groups attached to an aromatic ring is 1. The molecule has 0 radical (unpaired) electrons. The summed E-state index contributed by atoms with van der Waals surface area (Å²) in [6, 6.07) is 7.54. The molecule has 0 aliphatic heterocycles. The quantitative estimate of drug-likeness (QED) is 0.576. The number of carbonyl (C=O) groups excluding carboxylic acids is 1. The van der Waals surface area contributed by atoms with Gasteiger partial charge in [0.25, 0.3) is 0 Å². The number of carbonyl (C=O) groups is 1. The fourth-order valence-electron chi connectivity index (χ4n) is 1.87. The first-order valence-corrected chi connectivity index (χ1v) is 7.51. The van der Waals surface area contributed by atoms with Crippen LogP contribution in [0.25, 0.3) is 0 Å². The zero-order valence-electron chi connectivity index (χ0n) is 12.8. The molecule has 0 aliphatic carbocycles. The summed E-state index contributed by atoms with van der Waals surface area (Å²) in [5.41, 5.74) is 7.31. The van der Waals surface area contributed by atoms with Gasteiger partial charge >= 0.3 is 0 Å². The number of rotatable bonds is 7. The molecular formula is C15H19ClN6O. The van der Waals surface area contributed by atoms with Gasteiger partial charge in [-0.3, -0.25) is 4.79 Å². The van der Waals surface area contributed by atoms with Gasteiger partial charge < -0.3 is 21.7 Å². The Kier molecular flexibility index (Phi) is 5.99. The summed E-state index contributed by atoms with van der Waals surface area (Å²) in [6.07, 6.45) is 1.54. The van der Waals surface area contributed by atoms with Crippen molar-refractivity contribution in [2.24, 2.45) is 0 Å². The smallest absolute Gasteiger partial charge is 0.225 e. The zero-order chi connectivity index (χ0) is 16.7. The summed E-state index contributed by atoms with van der Waals surface area (Å²) < 4.78 is 0. The van der Waals surface area contributed by atoms with Gasteiger partial charge in [-0.1, -0.05) is 23.7 Å². The van der Waals surface area contributed by atoms with Crippen molar-refractivity contribution in [1.29, 1.82) is 0 Å². The van der Waals surface area contributed by atoms with Crippen molar-refractivity contribution in [2.45, 2.75) is 13.5 Å². The van der Waals surface area contributed by atoms with E-state index in [2.05, 4.69) is 25.9 Å². The molecule has 8 heteroatoms. The number of hydrogen-bond acceptors (Lipinski definition) is 6. The molecule has 0 bridgehead atoms. The van der Waals surface area contributed by atoms with E-state index >= 15 is 0 Å². The van der Waals surface area contributed by atoms with Crippen molar-refractivity contribution in [3.05, 3.63) is 41.0 Å². The third-order valence-electron chi connectivity index (χ3n) is 2.95. The lowest BCUT2D eigenvalue weighted by atomic mass is 10.2. The summed E-state index contributed by atoms with van der Waals surface area (Å²) >= 11 is 5.95. The second kappa shape index (κ2) is 8.19. The number of amides is 1. The largest absolute Gasteiger partial charge is 0.394 e. The molecule has 1 amide bonds. The van der Waals surface area contributed by atoms with Gasteiger partial charge in [0.05, 0.1) is 11.9 Å². The molecule has 5 N–H and O–H groups in total. The van der Waals surface area contributed by atoms with E-state index in [0.717, 1.165) is 5.56 Å². The number of nitrogens with zero attached hydrogens (tertiary/aromatic N) is 2. The number of halogens is 1. The number of nitrogens with two attached hydrogens (primary N) is 1. The van der Waals surface area contributed by atoms with Crippen LogP contribution in [-0.2, 0) is 11.3 Å². The van der Waals surface area contributed by atoms with Gasteiger partial charge in [-0.15, -0.1) is 0 Å². The van der Waals surface area contributed by atoms with Crippen LogP contribution < -0.4 is 21.7 Å². The maximum absolute atomic E-state index is 10.8. The number of hydrogen-bond donors (Lipinski definition) is 4.